The van der Waals surface area contributed by atoms with Gasteiger partial charge in [-0.05, 0) is 48.0 Å². The van der Waals surface area contributed by atoms with Crippen LogP contribution in [0.3, 0.4) is 0 Å². The van der Waals surface area contributed by atoms with Crippen molar-refractivity contribution in [1.29, 1.82) is 0 Å². The SMILES string of the molecule is COc1ccc(C(=O)N2CCN(c3ncccc3C(=O)NCc3ccc4c(c3)OCO4)CC2)cc1F. The Hall–Kier alpha value is -4.34. The van der Waals surface area contributed by atoms with Crippen molar-refractivity contribution < 1.29 is 28.2 Å². The first-order valence-corrected chi connectivity index (χ1v) is 11.5. The minimum atomic E-state index is -0.577. The Morgan fingerprint density at radius 2 is 1.86 bits per heavy atom. The molecule has 186 valence electrons. The summed E-state index contributed by atoms with van der Waals surface area (Å²) in [4.78, 5) is 34.0. The molecule has 0 atom stereocenters. The lowest BCUT2D eigenvalue weighted by molar-refractivity contribution is 0.0745. The summed E-state index contributed by atoms with van der Waals surface area (Å²) in [6, 6.07) is 13.2. The number of nitrogens with zero attached hydrogens (tertiary/aromatic N) is 3. The van der Waals surface area contributed by atoms with Crippen molar-refractivity contribution in [3.63, 3.8) is 0 Å². The third kappa shape index (κ3) is 4.74. The number of methoxy groups -OCH3 is 1. The number of ether oxygens (including phenoxy) is 3. The first-order chi connectivity index (χ1) is 17.5. The minimum absolute atomic E-state index is 0.0934. The number of piperazine rings is 1. The van der Waals surface area contributed by atoms with Crippen LogP contribution in [0.15, 0.2) is 54.7 Å². The van der Waals surface area contributed by atoms with Crippen LogP contribution < -0.4 is 24.4 Å². The Balaban J connectivity index is 1.22. The lowest BCUT2D eigenvalue weighted by Gasteiger charge is -2.36. The van der Waals surface area contributed by atoms with E-state index < -0.39 is 5.82 Å². The van der Waals surface area contributed by atoms with Gasteiger partial charge in [0, 0.05) is 44.5 Å². The lowest BCUT2D eigenvalue weighted by Crippen LogP contribution is -2.49. The smallest absolute Gasteiger partial charge is 0.255 e. The number of carbonyl (C=O) groups is 2. The first-order valence-electron chi connectivity index (χ1n) is 11.5. The van der Waals surface area contributed by atoms with E-state index in [1.54, 1.807) is 29.3 Å². The predicted molar refractivity (Wildman–Crippen MR) is 129 cm³/mol. The average Bonchev–Trinajstić information content (AvgIpc) is 3.39. The van der Waals surface area contributed by atoms with E-state index in [9.17, 15) is 14.0 Å². The lowest BCUT2D eigenvalue weighted by atomic mass is 10.1. The summed E-state index contributed by atoms with van der Waals surface area (Å²) in [5.41, 5.74) is 1.61. The Kier molecular flexibility index (Phi) is 6.57. The number of pyridine rings is 1. The molecular formula is C26H25FN4O5. The van der Waals surface area contributed by atoms with Crippen LogP contribution in [0.4, 0.5) is 10.2 Å². The number of amides is 2. The van der Waals surface area contributed by atoms with Crippen LogP contribution in [0.25, 0.3) is 0 Å². The van der Waals surface area contributed by atoms with E-state index in [-0.39, 0.29) is 29.9 Å². The molecule has 10 heteroatoms. The third-order valence-electron chi connectivity index (χ3n) is 6.19. The van der Waals surface area contributed by atoms with Crippen LogP contribution >= 0.6 is 0 Å². The Labute approximate surface area is 207 Å². The molecule has 1 fully saturated rings. The monoisotopic (exact) mass is 492 g/mol. The summed E-state index contributed by atoms with van der Waals surface area (Å²) in [7, 11) is 1.38. The number of rotatable bonds is 6. The van der Waals surface area contributed by atoms with Gasteiger partial charge in [-0.25, -0.2) is 9.37 Å². The fourth-order valence-electron chi connectivity index (χ4n) is 4.26. The largest absolute Gasteiger partial charge is 0.494 e. The van der Waals surface area contributed by atoms with Gasteiger partial charge >= 0.3 is 0 Å². The van der Waals surface area contributed by atoms with Gasteiger partial charge in [0.05, 0.1) is 12.7 Å². The normalized spacial score (nSPS) is 14.5. The fourth-order valence-corrected chi connectivity index (χ4v) is 4.26. The van der Waals surface area contributed by atoms with Crippen molar-refractivity contribution in [2.45, 2.75) is 6.54 Å². The van der Waals surface area contributed by atoms with Gasteiger partial charge in [-0.1, -0.05) is 6.07 Å². The second kappa shape index (κ2) is 10.1. The molecule has 1 saturated heterocycles. The van der Waals surface area contributed by atoms with Gasteiger partial charge in [-0.3, -0.25) is 9.59 Å². The summed E-state index contributed by atoms with van der Waals surface area (Å²) in [5, 5.41) is 2.94. The predicted octanol–water partition coefficient (Wildman–Crippen LogP) is 2.85. The number of benzene rings is 2. The van der Waals surface area contributed by atoms with Crippen LogP contribution in [-0.2, 0) is 6.54 Å². The van der Waals surface area contributed by atoms with E-state index in [2.05, 4.69) is 10.3 Å². The Morgan fingerprint density at radius 3 is 2.64 bits per heavy atom. The van der Waals surface area contributed by atoms with Crippen LogP contribution in [-0.4, -0.2) is 61.8 Å². The molecule has 3 aromatic rings. The number of carbonyl (C=O) groups excluding carboxylic acids is 2. The highest BCUT2D eigenvalue weighted by molar-refractivity contribution is 5.99. The van der Waals surface area contributed by atoms with E-state index in [1.807, 2.05) is 23.1 Å². The van der Waals surface area contributed by atoms with E-state index >= 15 is 0 Å². The number of halogens is 1. The fraction of sp³-hybridized carbons (Fsp3) is 0.269. The molecule has 2 aromatic carbocycles. The molecule has 0 unspecified atom stereocenters. The molecule has 2 aliphatic heterocycles. The van der Waals surface area contributed by atoms with Crippen molar-refractivity contribution in [3.8, 4) is 17.2 Å². The molecule has 0 radical (unpaired) electrons. The summed E-state index contributed by atoms with van der Waals surface area (Å²) in [5.74, 6) is 0.927. The molecule has 2 amide bonds. The summed E-state index contributed by atoms with van der Waals surface area (Å²) in [6.45, 7) is 2.33. The molecule has 1 aromatic heterocycles. The van der Waals surface area contributed by atoms with E-state index in [0.29, 0.717) is 55.6 Å². The number of anilines is 1. The maximum atomic E-state index is 14.0. The Morgan fingerprint density at radius 1 is 1.06 bits per heavy atom. The number of aromatic nitrogens is 1. The van der Waals surface area contributed by atoms with Crippen LogP contribution in [0.5, 0.6) is 17.2 Å². The quantitative estimate of drug-likeness (QED) is 0.566. The minimum Gasteiger partial charge on any atom is -0.494 e. The molecule has 9 nitrogen and oxygen atoms in total. The standard InChI is InChI=1S/C26H25FN4O5/c1-34-21-7-5-18(14-20(21)27)26(33)31-11-9-30(10-12-31)24-19(3-2-8-28-24)25(32)29-15-17-4-6-22-23(13-17)36-16-35-22/h2-8,13-14H,9-12,15-16H2,1H3,(H,29,32). The van der Waals surface area contributed by atoms with Gasteiger partial charge in [-0.15, -0.1) is 0 Å². The van der Waals surface area contributed by atoms with E-state index in [1.165, 1.54) is 19.2 Å². The van der Waals surface area contributed by atoms with Crippen molar-refractivity contribution in [1.82, 2.24) is 15.2 Å². The van der Waals surface area contributed by atoms with Crippen molar-refractivity contribution >= 4 is 17.6 Å². The van der Waals surface area contributed by atoms with Gasteiger partial charge in [0.2, 0.25) is 6.79 Å². The van der Waals surface area contributed by atoms with Crippen LogP contribution in [0, 0.1) is 5.82 Å². The molecular weight excluding hydrogens is 467 g/mol. The van der Waals surface area contributed by atoms with Crippen molar-refractivity contribution in [2.75, 3.05) is 45.0 Å². The summed E-state index contributed by atoms with van der Waals surface area (Å²) >= 11 is 0. The second-order valence-electron chi connectivity index (χ2n) is 8.37. The van der Waals surface area contributed by atoms with Gasteiger partial charge in [0.25, 0.3) is 11.8 Å². The zero-order valence-corrected chi connectivity index (χ0v) is 19.7. The van der Waals surface area contributed by atoms with Gasteiger partial charge in [0.15, 0.2) is 23.1 Å². The third-order valence-corrected chi connectivity index (χ3v) is 6.19. The molecule has 3 heterocycles. The van der Waals surface area contributed by atoms with Gasteiger partial charge < -0.3 is 29.3 Å². The number of hydrogen-bond donors (Lipinski definition) is 1. The average molecular weight is 493 g/mol. The number of hydrogen-bond acceptors (Lipinski definition) is 7. The Bertz CT molecular complexity index is 1290. The second-order valence-corrected chi connectivity index (χ2v) is 8.37. The van der Waals surface area contributed by atoms with Gasteiger partial charge in [0.1, 0.15) is 5.82 Å². The molecule has 36 heavy (non-hydrogen) atoms. The maximum absolute atomic E-state index is 14.0. The maximum Gasteiger partial charge on any atom is 0.255 e. The van der Waals surface area contributed by atoms with Crippen LogP contribution in [0.1, 0.15) is 26.3 Å². The zero-order valence-electron chi connectivity index (χ0n) is 19.7. The van der Waals surface area contributed by atoms with Gasteiger partial charge in [-0.2, -0.15) is 0 Å². The molecule has 5 rings (SSSR count). The van der Waals surface area contributed by atoms with E-state index in [0.717, 1.165) is 5.56 Å². The highest BCUT2D eigenvalue weighted by atomic mass is 19.1. The summed E-state index contributed by atoms with van der Waals surface area (Å²) in [6.07, 6.45) is 1.64. The molecule has 0 saturated carbocycles. The number of fused-ring (bicyclic) bond motifs is 1. The first kappa shape index (κ1) is 23.4. The molecule has 0 bridgehead atoms. The highest BCUT2D eigenvalue weighted by Gasteiger charge is 2.26. The van der Waals surface area contributed by atoms with Crippen molar-refractivity contribution in [3.05, 3.63) is 77.2 Å². The molecule has 0 aliphatic carbocycles. The topological polar surface area (TPSA) is 93.2 Å². The highest BCUT2D eigenvalue weighted by Crippen LogP contribution is 2.32. The molecule has 1 N–H and O–H groups in total. The van der Waals surface area contributed by atoms with E-state index in [4.69, 9.17) is 14.2 Å². The zero-order chi connectivity index (χ0) is 25.1. The van der Waals surface area contributed by atoms with Crippen LogP contribution in [0.2, 0.25) is 0 Å². The molecule has 2 aliphatic rings. The number of nitrogens with one attached hydrogen (secondary N) is 1. The summed E-state index contributed by atoms with van der Waals surface area (Å²) < 4.78 is 29.7. The van der Waals surface area contributed by atoms with Crippen molar-refractivity contribution in [2.24, 2.45) is 0 Å². The molecule has 0 spiro atoms.